The van der Waals surface area contributed by atoms with Crippen LogP contribution in [0.1, 0.15) is 48.0 Å². The largest absolute Gasteiger partial charge is 0.493 e. The highest BCUT2D eigenvalue weighted by atomic mass is 19.4. The molecule has 1 unspecified atom stereocenters. The molecule has 2 bridgehead atoms. The van der Waals surface area contributed by atoms with Gasteiger partial charge in [0.1, 0.15) is 0 Å². The van der Waals surface area contributed by atoms with E-state index in [2.05, 4.69) is 15.5 Å². The molecule has 2 aromatic carbocycles. The van der Waals surface area contributed by atoms with E-state index in [1.807, 2.05) is 0 Å². The minimum atomic E-state index is -4.56. The summed E-state index contributed by atoms with van der Waals surface area (Å²) < 4.78 is 56.0. The van der Waals surface area contributed by atoms with Gasteiger partial charge in [0.2, 0.25) is 11.7 Å². The van der Waals surface area contributed by atoms with Gasteiger partial charge in [-0.05, 0) is 49.9 Å². The topological polar surface area (TPSA) is 89.1 Å². The Morgan fingerprint density at radius 2 is 1.58 bits per heavy atom. The van der Waals surface area contributed by atoms with E-state index in [4.69, 9.17) is 14.2 Å². The van der Waals surface area contributed by atoms with Crippen LogP contribution in [-0.2, 0) is 11.0 Å². The molecule has 2 heterocycles. The number of piperidine rings is 2. The van der Waals surface area contributed by atoms with Gasteiger partial charge in [-0.3, -0.25) is 14.5 Å². The third-order valence-electron chi connectivity index (χ3n) is 7.22. The first kappa shape index (κ1) is 27.6. The van der Waals surface area contributed by atoms with Crippen molar-refractivity contribution in [2.45, 2.75) is 56.4 Å². The Balaban J connectivity index is 1.41. The number of benzene rings is 2. The van der Waals surface area contributed by atoms with Gasteiger partial charge in [-0.1, -0.05) is 18.6 Å². The van der Waals surface area contributed by atoms with Crippen molar-refractivity contribution < 1.29 is 37.0 Å². The molecule has 2 aliphatic rings. The second kappa shape index (κ2) is 11.5. The molecule has 2 saturated heterocycles. The SMILES string of the molecule is COc1cc(C(=O)NC2C[C@H]3CCC[C@@H](C2)N3CC(=O)Nc2ccccc2C(F)(F)F)cc(OC)c1OC. The summed E-state index contributed by atoms with van der Waals surface area (Å²) in [5.41, 5.74) is -0.751. The van der Waals surface area contributed by atoms with E-state index in [-0.39, 0.29) is 36.3 Å². The minimum Gasteiger partial charge on any atom is -0.493 e. The lowest BCUT2D eigenvalue weighted by Crippen LogP contribution is -2.58. The van der Waals surface area contributed by atoms with E-state index < -0.39 is 17.6 Å². The van der Waals surface area contributed by atoms with E-state index in [1.54, 1.807) is 12.1 Å². The van der Waals surface area contributed by atoms with Crippen LogP contribution in [0.4, 0.5) is 18.9 Å². The number of hydrogen-bond acceptors (Lipinski definition) is 6. The molecule has 0 spiro atoms. The van der Waals surface area contributed by atoms with E-state index in [0.717, 1.165) is 25.3 Å². The fourth-order valence-electron chi connectivity index (χ4n) is 5.53. The number of para-hydroxylation sites is 1. The van der Waals surface area contributed by atoms with Crippen LogP contribution in [0.25, 0.3) is 0 Å². The van der Waals surface area contributed by atoms with Crippen molar-refractivity contribution in [2.75, 3.05) is 33.2 Å². The lowest BCUT2D eigenvalue weighted by Gasteiger charge is -2.48. The molecule has 206 valence electrons. The third kappa shape index (κ3) is 5.98. The number of alkyl halides is 3. The smallest absolute Gasteiger partial charge is 0.418 e. The number of carbonyl (C=O) groups is 2. The van der Waals surface area contributed by atoms with Crippen LogP contribution < -0.4 is 24.8 Å². The average Bonchev–Trinajstić information content (AvgIpc) is 2.87. The molecule has 2 N–H and O–H groups in total. The summed E-state index contributed by atoms with van der Waals surface area (Å²) in [7, 11) is 4.45. The Bertz CT molecular complexity index is 1130. The van der Waals surface area contributed by atoms with Crippen LogP contribution in [0.15, 0.2) is 36.4 Å². The monoisotopic (exact) mass is 535 g/mol. The lowest BCUT2D eigenvalue weighted by atomic mass is 9.81. The van der Waals surface area contributed by atoms with Crippen molar-refractivity contribution in [2.24, 2.45) is 0 Å². The van der Waals surface area contributed by atoms with Crippen LogP contribution >= 0.6 is 0 Å². The van der Waals surface area contributed by atoms with Gasteiger partial charge >= 0.3 is 6.18 Å². The first-order valence-electron chi connectivity index (χ1n) is 12.5. The van der Waals surface area contributed by atoms with Gasteiger partial charge in [-0.25, -0.2) is 0 Å². The highest BCUT2D eigenvalue weighted by molar-refractivity contribution is 5.96. The predicted octanol–water partition coefficient (Wildman–Crippen LogP) is 4.49. The maximum absolute atomic E-state index is 13.3. The molecule has 0 saturated carbocycles. The normalized spacial score (nSPS) is 21.4. The molecule has 2 fully saturated rings. The summed E-state index contributed by atoms with van der Waals surface area (Å²) in [5.74, 6) is 0.384. The van der Waals surface area contributed by atoms with Crippen molar-refractivity contribution in [3.05, 3.63) is 47.5 Å². The summed E-state index contributed by atoms with van der Waals surface area (Å²) in [6.45, 7) is -0.00489. The Labute approximate surface area is 219 Å². The van der Waals surface area contributed by atoms with Gasteiger partial charge < -0.3 is 24.8 Å². The second-order valence-corrected chi connectivity index (χ2v) is 9.56. The number of methoxy groups -OCH3 is 3. The molecule has 0 radical (unpaired) electrons. The van der Waals surface area contributed by atoms with Crippen LogP contribution in [-0.4, -0.2) is 62.7 Å². The molecule has 2 aromatic rings. The van der Waals surface area contributed by atoms with Crippen LogP contribution in [0.2, 0.25) is 0 Å². The highest BCUT2D eigenvalue weighted by Crippen LogP contribution is 2.39. The van der Waals surface area contributed by atoms with Gasteiger partial charge in [-0.15, -0.1) is 0 Å². The van der Waals surface area contributed by atoms with Crippen molar-refractivity contribution >= 4 is 17.5 Å². The van der Waals surface area contributed by atoms with E-state index in [0.29, 0.717) is 35.7 Å². The molecule has 2 amide bonds. The standard InChI is InChI=1S/C27H32F3N3O5/c1-36-22-11-16(12-23(37-2)25(22)38-3)26(35)31-17-13-18-7-6-8-19(14-17)33(18)15-24(34)32-21-10-5-4-9-20(21)27(28,29)30/h4-5,9-12,17-19H,6-8,13-15H2,1-3H3,(H,31,35)(H,32,34)/t17?,18-,19+. The molecule has 38 heavy (non-hydrogen) atoms. The van der Waals surface area contributed by atoms with Crippen molar-refractivity contribution in [1.82, 2.24) is 10.2 Å². The molecule has 8 nitrogen and oxygen atoms in total. The van der Waals surface area contributed by atoms with Gasteiger partial charge in [0, 0.05) is 23.7 Å². The van der Waals surface area contributed by atoms with Crippen molar-refractivity contribution in [3.8, 4) is 17.2 Å². The molecule has 3 atom stereocenters. The number of anilines is 1. The molecule has 0 aliphatic carbocycles. The number of ether oxygens (including phenoxy) is 3. The van der Waals surface area contributed by atoms with Crippen molar-refractivity contribution in [3.63, 3.8) is 0 Å². The van der Waals surface area contributed by atoms with Gasteiger partial charge in [0.15, 0.2) is 11.5 Å². The summed E-state index contributed by atoms with van der Waals surface area (Å²) in [4.78, 5) is 28.0. The second-order valence-electron chi connectivity index (χ2n) is 9.56. The van der Waals surface area contributed by atoms with Crippen LogP contribution in [0.5, 0.6) is 17.2 Å². The zero-order chi connectivity index (χ0) is 27.4. The molecular formula is C27H32F3N3O5. The molecule has 0 aromatic heterocycles. The number of nitrogens with zero attached hydrogens (tertiary/aromatic N) is 1. The predicted molar refractivity (Wildman–Crippen MR) is 135 cm³/mol. The number of carbonyl (C=O) groups excluding carboxylic acids is 2. The van der Waals surface area contributed by atoms with E-state index in [1.165, 1.54) is 39.5 Å². The molecule has 11 heteroatoms. The summed E-state index contributed by atoms with van der Waals surface area (Å²) in [6.07, 6.45) is -0.593. The molecule has 4 rings (SSSR count). The van der Waals surface area contributed by atoms with Gasteiger partial charge in [0.25, 0.3) is 5.91 Å². The Kier molecular flexibility index (Phi) is 8.35. The van der Waals surface area contributed by atoms with Gasteiger partial charge in [0.05, 0.1) is 39.1 Å². The number of fused-ring (bicyclic) bond motifs is 2. The summed E-state index contributed by atoms with van der Waals surface area (Å²) in [6, 6.07) is 8.11. The highest BCUT2D eigenvalue weighted by Gasteiger charge is 2.40. The number of nitrogens with one attached hydrogen (secondary N) is 2. The van der Waals surface area contributed by atoms with Gasteiger partial charge in [-0.2, -0.15) is 13.2 Å². The van der Waals surface area contributed by atoms with Crippen LogP contribution in [0, 0.1) is 0 Å². The zero-order valence-corrected chi connectivity index (χ0v) is 21.6. The Morgan fingerprint density at radius 1 is 0.974 bits per heavy atom. The minimum absolute atomic E-state index is 0.00489. The molecular weight excluding hydrogens is 503 g/mol. The fourth-order valence-corrected chi connectivity index (χ4v) is 5.53. The Hall–Kier alpha value is -3.47. The Morgan fingerprint density at radius 3 is 2.13 bits per heavy atom. The van der Waals surface area contributed by atoms with Crippen LogP contribution in [0.3, 0.4) is 0 Å². The fraction of sp³-hybridized carbons (Fsp3) is 0.481. The number of amides is 2. The first-order valence-corrected chi connectivity index (χ1v) is 12.5. The summed E-state index contributed by atoms with van der Waals surface area (Å²) >= 11 is 0. The third-order valence-corrected chi connectivity index (χ3v) is 7.22. The lowest BCUT2D eigenvalue weighted by molar-refractivity contribution is -0.137. The summed E-state index contributed by atoms with van der Waals surface area (Å²) in [5, 5.41) is 5.54. The maximum atomic E-state index is 13.3. The zero-order valence-electron chi connectivity index (χ0n) is 21.6. The molecule has 2 aliphatic heterocycles. The van der Waals surface area contributed by atoms with Crippen molar-refractivity contribution in [1.29, 1.82) is 0 Å². The maximum Gasteiger partial charge on any atom is 0.418 e. The van der Waals surface area contributed by atoms with E-state index >= 15 is 0 Å². The first-order chi connectivity index (χ1) is 18.1. The average molecular weight is 536 g/mol. The number of hydrogen-bond donors (Lipinski definition) is 2. The quantitative estimate of drug-likeness (QED) is 0.518. The number of rotatable bonds is 8. The van der Waals surface area contributed by atoms with E-state index in [9.17, 15) is 22.8 Å². The number of halogens is 3.